The van der Waals surface area contributed by atoms with Crippen LogP contribution in [0.5, 0.6) is 11.5 Å². The predicted molar refractivity (Wildman–Crippen MR) is 151 cm³/mol. The van der Waals surface area contributed by atoms with Crippen LogP contribution in [0.4, 0.5) is 0 Å². The van der Waals surface area contributed by atoms with Crippen LogP contribution in [0, 0.1) is 43.9 Å². The van der Waals surface area contributed by atoms with E-state index in [9.17, 15) is 20.2 Å². The van der Waals surface area contributed by atoms with Gasteiger partial charge in [-0.15, -0.1) is 20.2 Å². The molecule has 2 aliphatic carbocycles. The van der Waals surface area contributed by atoms with E-state index in [4.69, 9.17) is 9.47 Å². The Morgan fingerprint density at radius 3 is 1.29 bits per heavy atom. The van der Waals surface area contributed by atoms with Crippen molar-refractivity contribution in [1.29, 1.82) is 0 Å². The Hall–Kier alpha value is -3.60. The third kappa shape index (κ3) is 10.4. The SMILES string of the molecule is O=[N+]([O-])OCC1CCC(COc2ccccc2CNCc2ccccc2OCC2CCC(CO[N+](=O)[O-])CC2)CC1. The fourth-order valence-corrected chi connectivity index (χ4v) is 5.79. The summed E-state index contributed by atoms with van der Waals surface area (Å²) in [7, 11) is 0. The van der Waals surface area contributed by atoms with Crippen LogP contribution in [0.15, 0.2) is 48.5 Å². The lowest BCUT2D eigenvalue weighted by atomic mass is 9.83. The Bertz CT molecular complexity index is 1020. The second-order valence-electron chi connectivity index (χ2n) is 11.3. The van der Waals surface area contributed by atoms with Crippen molar-refractivity contribution < 1.29 is 29.3 Å². The van der Waals surface area contributed by atoms with Gasteiger partial charge in [-0.1, -0.05) is 36.4 Å². The van der Waals surface area contributed by atoms with Crippen LogP contribution >= 0.6 is 0 Å². The molecule has 2 fully saturated rings. The first-order valence-corrected chi connectivity index (χ1v) is 14.6. The number of hydrogen-bond acceptors (Lipinski definition) is 9. The number of para-hydroxylation sites is 2. The highest BCUT2D eigenvalue weighted by Gasteiger charge is 2.24. The zero-order valence-electron chi connectivity index (χ0n) is 23.5. The van der Waals surface area contributed by atoms with E-state index >= 15 is 0 Å². The zero-order chi connectivity index (χ0) is 28.9. The Balaban J connectivity index is 1.18. The molecule has 0 spiro atoms. The predicted octanol–water partition coefficient (Wildman–Crippen LogP) is 5.76. The molecule has 0 saturated heterocycles. The molecule has 0 aromatic heterocycles. The smallest absolute Gasteiger partial charge is 0.294 e. The van der Waals surface area contributed by atoms with Gasteiger partial charge in [-0.05, 0) is 87.2 Å². The van der Waals surface area contributed by atoms with Crippen LogP contribution in [-0.2, 0) is 22.8 Å². The van der Waals surface area contributed by atoms with Gasteiger partial charge in [-0.3, -0.25) is 0 Å². The van der Waals surface area contributed by atoms with Gasteiger partial charge in [0, 0.05) is 24.2 Å². The number of hydrogen-bond donors (Lipinski definition) is 1. The normalized spacial score (nSPS) is 22.4. The molecule has 11 nitrogen and oxygen atoms in total. The Morgan fingerprint density at radius 1 is 0.585 bits per heavy atom. The summed E-state index contributed by atoms with van der Waals surface area (Å²) >= 11 is 0. The van der Waals surface area contributed by atoms with Gasteiger partial charge in [0.1, 0.15) is 11.5 Å². The van der Waals surface area contributed by atoms with Crippen molar-refractivity contribution in [3.8, 4) is 11.5 Å². The molecule has 1 N–H and O–H groups in total. The molecule has 0 unspecified atom stereocenters. The van der Waals surface area contributed by atoms with Gasteiger partial charge in [0.15, 0.2) is 0 Å². The van der Waals surface area contributed by atoms with Crippen molar-refractivity contribution in [2.45, 2.75) is 64.5 Å². The Labute approximate surface area is 240 Å². The lowest BCUT2D eigenvalue weighted by Crippen LogP contribution is -2.24. The van der Waals surface area contributed by atoms with Crippen molar-refractivity contribution in [3.05, 3.63) is 79.9 Å². The maximum absolute atomic E-state index is 10.4. The van der Waals surface area contributed by atoms with E-state index in [1.807, 2.05) is 36.4 Å². The molecule has 2 aromatic carbocycles. The Kier molecular flexibility index (Phi) is 11.8. The van der Waals surface area contributed by atoms with Crippen molar-refractivity contribution in [3.63, 3.8) is 0 Å². The maximum atomic E-state index is 10.4. The van der Waals surface area contributed by atoms with Crippen molar-refractivity contribution in [2.75, 3.05) is 26.4 Å². The highest BCUT2D eigenvalue weighted by Crippen LogP contribution is 2.31. The monoisotopic (exact) mass is 571 g/mol. The molecule has 0 radical (unpaired) electrons. The van der Waals surface area contributed by atoms with Crippen LogP contribution in [0.3, 0.4) is 0 Å². The summed E-state index contributed by atoms with van der Waals surface area (Å²) in [6.45, 7) is 2.97. The molecule has 2 saturated carbocycles. The van der Waals surface area contributed by atoms with E-state index in [0.29, 0.717) is 38.1 Å². The lowest BCUT2D eigenvalue weighted by molar-refractivity contribution is -0.759. The van der Waals surface area contributed by atoms with E-state index in [-0.39, 0.29) is 25.0 Å². The average molecular weight is 572 g/mol. The Morgan fingerprint density at radius 2 is 0.927 bits per heavy atom. The van der Waals surface area contributed by atoms with Crippen molar-refractivity contribution >= 4 is 0 Å². The highest BCUT2D eigenvalue weighted by molar-refractivity contribution is 5.35. The van der Waals surface area contributed by atoms with Gasteiger partial charge in [-0.2, -0.15) is 0 Å². The molecule has 0 heterocycles. The molecule has 0 bridgehead atoms. The third-order valence-corrected chi connectivity index (χ3v) is 8.29. The molecule has 0 atom stereocenters. The maximum Gasteiger partial charge on any atom is 0.294 e. The lowest BCUT2D eigenvalue weighted by Gasteiger charge is -2.28. The molecule has 4 rings (SSSR count). The molecule has 11 heteroatoms. The minimum absolute atomic E-state index is 0.188. The van der Waals surface area contributed by atoms with E-state index in [1.54, 1.807) is 0 Å². The van der Waals surface area contributed by atoms with Crippen LogP contribution in [0.25, 0.3) is 0 Å². The van der Waals surface area contributed by atoms with E-state index in [2.05, 4.69) is 27.1 Å². The molecule has 224 valence electrons. The molecule has 41 heavy (non-hydrogen) atoms. The van der Waals surface area contributed by atoms with Gasteiger partial charge >= 0.3 is 0 Å². The third-order valence-electron chi connectivity index (χ3n) is 8.29. The van der Waals surface area contributed by atoms with Gasteiger partial charge in [0.2, 0.25) is 0 Å². The van der Waals surface area contributed by atoms with Crippen LogP contribution in [0.2, 0.25) is 0 Å². The number of rotatable bonds is 16. The second-order valence-corrected chi connectivity index (χ2v) is 11.3. The molecule has 2 aliphatic rings. The first-order valence-electron chi connectivity index (χ1n) is 14.6. The van der Waals surface area contributed by atoms with E-state index in [0.717, 1.165) is 74.0 Å². The van der Waals surface area contributed by atoms with Crippen molar-refractivity contribution in [2.24, 2.45) is 23.7 Å². The van der Waals surface area contributed by atoms with Gasteiger partial charge in [0.05, 0.1) is 26.4 Å². The summed E-state index contributed by atoms with van der Waals surface area (Å²) in [6.07, 6.45) is 7.64. The van der Waals surface area contributed by atoms with Crippen molar-refractivity contribution in [1.82, 2.24) is 5.32 Å². The molecular formula is C30H41N3O8. The number of ether oxygens (including phenoxy) is 2. The number of nitrogens with zero attached hydrogens (tertiary/aromatic N) is 2. The van der Waals surface area contributed by atoms with Crippen LogP contribution in [-0.4, -0.2) is 36.6 Å². The number of benzene rings is 2. The van der Waals surface area contributed by atoms with Gasteiger partial charge < -0.3 is 24.5 Å². The van der Waals surface area contributed by atoms with Gasteiger partial charge in [0.25, 0.3) is 10.2 Å². The first-order chi connectivity index (χ1) is 20.0. The summed E-state index contributed by atoms with van der Waals surface area (Å²) < 4.78 is 12.5. The average Bonchev–Trinajstić information content (AvgIpc) is 2.99. The topological polar surface area (TPSA) is 135 Å². The first kappa shape index (κ1) is 30.4. The zero-order valence-corrected chi connectivity index (χ0v) is 23.5. The summed E-state index contributed by atoms with van der Waals surface area (Å²) in [6, 6.07) is 16.1. The fourth-order valence-electron chi connectivity index (χ4n) is 5.79. The minimum Gasteiger partial charge on any atom is -0.493 e. The molecular weight excluding hydrogens is 530 g/mol. The number of nitrogens with one attached hydrogen (secondary N) is 1. The van der Waals surface area contributed by atoms with Gasteiger partial charge in [-0.25, -0.2) is 0 Å². The molecule has 0 aliphatic heterocycles. The van der Waals surface area contributed by atoms with E-state index in [1.165, 1.54) is 0 Å². The summed E-state index contributed by atoms with van der Waals surface area (Å²) in [5, 5.41) is 23.0. The summed E-state index contributed by atoms with van der Waals surface area (Å²) in [4.78, 5) is 30.0. The fraction of sp³-hybridized carbons (Fsp3) is 0.600. The van der Waals surface area contributed by atoms with E-state index < -0.39 is 10.2 Å². The van der Waals surface area contributed by atoms with Crippen LogP contribution in [0.1, 0.15) is 62.5 Å². The largest absolute Gasteiger partial charge is 0.493 e. The van der Waals surface area contributed by atoms with Crippen LogP contribution < -0.4 is 14.8 Å². The molecule has 2 aromatic rings. The second kappa shape index (κ2) is 16.0. The molecule has 0 amide bonds. The summed E-state index contributed by atoms with van der Waals surface area (Å²) in [5.41, 5.74) is 2.19. The summed E-state index contributed by atoms with van der Waals surface area (Å²) in [5.74, 6) is 3.13. The standard InChI is InChI=1S/C30H41N3O8/c34-32(35)40-21-25-13-9-23(10-14-25)19-38-29-7-3-1-5-27(29)17-31-18-28-6-2-4-8-30(28)39-20-24-11-15-26(16-12-24)22-41-33(36)37/h1-8,23-26,31H,9-22H2. The highest BCUT2D eigenvalue weighted by atomic mass is 17.0. The quantitative estimate of drug-likeness (QED) is 0.197. The minimum atomic E-state index is -0.707.